The molecule has 2 atom stereocenters. The van der Waals surface area contributed by atoms with E-state index in [9.17, 15) is 4.79 Å². The number of esters is 1. The molecule has 1 N–H and O–H groups in total. The lowest BCUT2D eigenvalue weighted by atomic mass is 9.94. The van der Waals surface area contributed by atoms with Crippen LogP contribution in [0.15, 0.2) is 24.3 Å². The number of hydrogen-bond donors (Lipinski definition) is 1. The van der Waals surface area contributed by atoms with Gasteiger partial charge in [0.25, 0.3) is 0 Å². The van der Waals surface area contributed by atoms with Crippen LogP contribution in [0, 0.1) is 5.92 Å². The third-order valence-electron chi connectivity index (χ3n) is 4.09. The van der Waals surface area contributed by atoms with E-state index < -0.39 is 0 Å². The molecule has 2 rings (SSSR count). The van der Waals surface area contributed by atoms with Gasteiger partial charge in [-0.15, -0.1) is 0 Å². The number of piperidine rings is 1. The molecule has 20 heavy (non-hydrogen) atoms. The predicted octanol–water partition coefficient (Wildman–Crippen LogP) is 1.90. The highest BCUT2D eigenvalue weighted by Gasteiger charge is 2.24. The molecule has 1 saturated heterocycles. The van der Waals surface area contributed by atoms with Gasteiger partial charge in [0.15, 0.2) is 0 Å². The van der Waals surface area contributed by atoms with Crippen molar-refractivity contribution in [2.45, 2.75) is 25.9 Å². The van der Waals surface area contributed by atoms with Crippen molar-refractivity contribution < 1.29 is 9.53 Å². The second-order valence-electron chi connectivity index (χ2n) is 5.66. The van der Waals surface area contributed by atoms with Crippen molar-refractivity contribution in [3.63, 3.8) is 0 Å². The summed E-state index contributed by atoms with van der Waals surface area (Å²) in [5, 5.41) is 3.59. The first-order chi connectivity index (χ1) is 9.61. The van der Waals surface area contributed by atoms with Gasteiger partial charge in [0.2, 0.25) is 0 Å². The summed E-state index contributed by atoms with van der Waals surface area (Å²) in [5.41, 5.74) is 1.66. The highest BCUT2D eigenvalue weighted by atomic mass is 16.5. The van der Waals surface area contributed by atoms with Crippen molar-refractivity contribution in [2.75, 3.05) is 27.2 Å². The number of likely N-dealkylation sites (tertiary alicyclic amines) is 1. The van der Waals surface area contributed by atoms with Crippen LogP contribution in [-0.4, -0.2) is 44.2 Å². The van der Waals surface area contributed by atoms with Gasteiger partial charge in [-0.3, -0.25) is 0 Å². The van der Waals surface area contributed by atoms with Gasteiger partial charge in [0.1, 0.15) is 0 Å². The number of benzene rings is 1. The number of carbonyl (C=O) groups is 1. The second-order valence-corrected chi connectivity index (χ2v) is 5.66. The predicted molar refractivity (Wildman–Crippen MR) is 79.7 cm³/mol. The molecule has 2 unspecified atom stereocenters. The molecule has 1 aliphatic rings. The zero-order valence-corrected chi connectivity index (χ0v) is 12.6. The SMILES string of the molecule is COC(=O)c1ccccc1CNC1CCN(C)CC1C. The molecule has 0 amide bonds. The van der Waals surface area contributed by atoms with Crippen LogP contribution >= 0.6 is 0 Å². The van der Waals surface area contributed by atoms with Gasteiger partial charge in [0.05, 0.1) is 12.7 Å². The maximum Gasteiger partial charge on any atom is 0.338 e. The molecule has 110 valence electrons. The molecule has 0 spiro atoms. The first kappa shape index (κ1) is 15.0. The molecular formula is C16H24N2O2. The van der Waals surface area contributed by atoms with Crippen molar-refractivity contribution >= 4 is 5.97 Å². The minimum atomic E-state index is -0.265. The summed E-state index contributed by atoms with van der Waals surface area (Å²) in [4.78, 5) is 14.1. The largest absolute Gasteiger partial charge is 0.465 e. The lowest BCUT2D eigenvalue weighted by Gasteiger charge is -2.35. The Kier molecular flexibility index (Phi) is 5.15. The van der Waals surface area contributed by atoms with E-state index in [0.29, 0.717) is 24.1 Å². The Labute approximate surface area is 121 Å². The van der Waals surface area contributed by atoms with Crippen LogP contribution in [-0.2, 0) is 11.3 Å². The van der Waals surface area contributed by atoms with E-state index >= 15 is 0 Å². The first-order valence-corrected chi connectivity index (χ1v) is 7.20. The van der Waals surface area contributed by atoms with Crippen molar-refractivity contribution in [3.8, 4) is 0 Å². The van der Waals surface area contributed by atoms with Crippen LogP contribution in [0.2, 0.25) is 0 Å². The van der Waals surface area contributed by atoms with Crippen molar-refractivity contribution in [1.29, 1.82) is 0 Å². The minimum Gasteiger partial charge on any atom is -0.465 e. The number of nitrogens with zero attached hydrogens (tertiary/aromatic N) is 1. The molecule has 1 aromatic rings. The summed E-state index contributed by atoms with van der Waals surface area (Å²) in [7, 11) is 3.59. The molecule has 1 aliphatic heterocycles. The molecule has 4 heteroatoms. The normalized spacial score (nSPS) is 23.6. The van der Waals surface area contributed by atoms with E-state index in [4.69, 9.17) is 4.74 Å². The zero-order valence-electron chi connectivity index (χ0n) is 12.6. The van der Waals surface area contributed by atoms with Crippen LogP contribution in [0.3, 0.4) is 0 Å². The fourth-order valence-corrected chi connectivity index (χ4v) is 2.88. The number of carbonyl (C=O) groups excluding carboxylic acids is 1. The Morgan fingerprint density at radius 3 is 2.90 bits per heavy atom. The molecule has 0 radical (unpaired) electrons. The van der Waals surface area contributed by atoms with Crippen LogP contribution in [0.1, 0.15) is 29.3 Å². The van der Waals surface area contributed by atoms with Gasteiger partial charge < -0.3 is 15.0 Å². The highest BCUT2D eigenvalue weighted by Crippen LogP contribution is 2.17. The third kappa shape index (κ3) is 3.58. The second kappa shape index (κ2) is 6.86. The van der Waals surface area contributed by atoms with E-state index in [1.807, 2.05) is 24.3 Å². The van der Waals surface area contributed by atoms with E-state index in [2.05, 4.69) is 24.2 Å². The van der Waals surface area contributed by atoms with E-state index in [0.717, 1.165) is 25.1 Å². The molecule has 0 saturated carbocycles. The Hall–Kier alpha value is -1.39. The van der Waals surface area contributed by atoms with Crippen LogP contribution in [0.25, 0.3) is 0 Å². The standard InChI is InChI=1S/C16H24N2O2/c1-12-11-18(2)9-8-15(12)17-10-13-6-4-5-7-14(13)16(19)20-3/h4-7,12,15,17H,8-11H2,1-3H3. The van der Waals surface area contributed by atoms with Crippen LogP contribution in [0.5, 0.6) is 0 Å². The first-order valence-electron chi connectivity index (χ1n) is 7.20. The summed E-state index contributed by atoms with van der Waals surface area (Å²) in [6.45, 7) is 5.24. The summed E-state index contributed by atoms with van der Waals surface area (Å²) >= 11 is 0. The van der Waals surface area contributed by atoms with E-state index in [1.165, 1.54) is 7.11 Å². The number of ether oxygens (including phenoxy) is 1. The lowest BCUT2D eigenvalue weighted by molar-refractivity contribution is 0.0599. The molecular weight excluding hydrogens is 252 g/mol. The highest BCUT2D eigenvalue weighted by molar-refractivity contribution is 5.90. The molecule has 0 bridgehead atoms. The molecule has 1 fully saturated rings. The number of rotatable bonds is 4. The molecule has 1 heterocycles. The van der Waals surface area contributed by atoms with Gasteiger partial charge >= 0.3 is 5.97 Å². The van der Waals surface area contributed by atoms with Gasteiger partial charge in [-0.25, -0.2) is 4.79 Å². The Morgan fingerprint density at radius 1 is 1.45 bits per heavy atom. The fourth-order valence-electron chi connectivity index (χ4n) is 2.88. The van der Waals surface area contributed by atoms with Gasteiger partial charge in [-0.05, 0) is 37.6 Å². The minimum absolute atomic E-state index is 0.265. The summed E-state index contributed by atoms with van der Waals surface area (Å²) < 4.78 is 4.83. The van der Waals surface area contributed by atoms with Gasteiger partial charge in [-0.2, -0.15) is 0 Å². The fraction of sp³-hybridized carbons (Fsp3) is 0.562. The maximum absolute atomic E-state index is 11.7. The summed E-state index contributed by atoms with van der Waals surface area (Å²) in [6, 6.07) is 8.15. The zero-order chi connectivity index (χ0) is 14.5. The summed E-state index contributed by atoms with van der Waals surface area (Å²) in [6.07, 6.45) is 1.15. The van der Waals surface area contributed by atoms with Gasteiger partial charge in [0, 0.05) is 19.1 Å². The Morgan fingerprint density at radius 2 is 2.20 bits per heavy atom. The number of methoxy groups -OCH3 is 1. The lowest BCUT2D eigenvalue weighted by Crippen LogP contribution is -2.46. The van der Waals surface area contributed by atoms with Gasteiger partial charge in [-0.1, -0.05) is 25.1 Å². The smallest absolute Gasteiger partial charge is 0.338 e. The number of hydrogen-bond acceptors (Lipinski definition) is 4. The summed E-state index contributed by atoms with van der Waals surface area (Å²) in [5.74, 6) is 0.359. The monoisotopic (exact) mass is 276 g/mol. The Balaban J connectivity index is 1.99. The van der Waals surface area contributed by atoms with Crippen LogP contribution < -0.4 is 5.32 Å². The average Bonchev–Trinajstić information content (AvgIpc) is 2.46. The Bertz CT molecular complexity index is 462. The molecule has 4 nitrogen and oxygen atoms in total. The quantitative estimate of drug-likeness (QED) is 0.853. The average molecular weight is 276 g/mol. The van der Waals surface area contributed by atoms with Crippen molar-refractivity contribution in [1.82, 2.24) is 10.2 Å². The van der Waals surface area contributed by atoms with E-state index in [-0.39, 0.29) is 5.97 Å². The van der Waals surface area contributed by atoms with E-state index in [1.54, 1.807) is 0 Å². The molecule has 0 aliphatic carbocycles. The topological polar surface area (TPSA) is 41.6 Å². The third-order valence-corrected chi connectivity index (χ3v) is 4.09. The molecule has 0 aromatic heterocycles. The maximum atomic E-state index is 11.7. The van der Waals surface area contributed by atoms with Crippen molar-refractivity contribution in [3.05, 3.63) is 35.4 Å². The van der Waals surface area contributed by atoms with Crippen molar-refractivity contribution in [2.24, 2.45) is 5.92 Å². The molecule has 1 aromatic carbocycles. The van der Waals surface area contributed by atoms with Crippen LogP contribution in [0.4, 0.5) is 0 Å². The number of nitrogens with one attached hydrogen (secondary N) is 1.